The Balaban J connectivity index is 2.54. The molecule has 0 radical (unpaired) electrons. The molecule has 1 aromatic carbocycles. The SMILES string of the molecule is COCc1ccccc1CNCC(NC(C)=O)C(=O)O. The van der Waals surface area contributed by atoms with Gasteiger partial charge in [0.05, 0.1) is 6.61 Å². The summed E-state index contributed by atoms with van der Waals surface area (Å²) in [7, 11) is 1.63. The summed E-state index contributed by atoms with van der Waals surface area (Å²) in [6.45, 7) is 2.48. The van der Waals surface area contributed by atoms with Gasteiger partial charge in [-0.1, -0.05) is 24.3 Å². The molecule has 110 valence electrons. The first-order valence-corrected chi connectivity index (χ1v) is 6.31. The van der Waals surface area contributed by atoms with Crippen LogP contribution in [0.2, 0.25) is 0 Å². The molecule has 1 aromatic rings. The van der Waals surface area contributed by atoms with Gasteiger partial charge in [0, 0.05) is 27.1 Å². The number of carboxylic acids is 1. The maximum Gasteiger partial charge on any atom is 0.327 e. The zero-order valence-corrected chi connectivity index (χ0v) is 11.7. The van der Waals surface area contributed by atoms with Crippen LogP contribution in [0, 0.1) is 0 Å². The minimum atomic E-state index is -1.06. The van der Waals surface area contributed by atoms with Gasteiger partial charge in [0.1, 0.15) is 6.04 Å². The molecular formula is C14H20N2O4. The third-order valence-corrected chi connectivity index (χ3v) is 2.76. The first kappa shape index (κ1) is 16.1. The Morgan fingerprint density at radius 1 is 1.30 bits per heavy atom. The second-order valence-electron chi connectivity index (χ2n) is 4.42. The van der Waals surface area contributed by atoms with Crippen LogP contribution in [0.4, 0.5) is 0 Å². The fraction of sp³-hybridized carbons (Fsp3) is 0.429. The second-order valence-corrected chi connectivity index (χ2v) is 4.42. The summed E-state index contributed by atoms with van der Waals surface area (Å²) in [5.41, 5.74) is 2.09. The minimum Gasteiger partial charge on any atom is -0.480 e. The number of rotatable bonds is 8. The van der Waals surface area contributed by atoms with E-state index in [0.717, 1.165) is 11.1 Å². The molecule has 0 aliphatic rings. The smallest absolute Gasteiger partial charge is 0.327 e. The number of carboxylic acid groups (broad SMARTS) is 1. The molecule has 1 atom stereocenters. The molecule has 0 spiro atoms. The molecule has 0 bridgehead atoms. The van der Waals surface area contributed by atoms with Crippen LogP contribution in [0.15, 0.2) is 24.3 Å². The van der Waals surface area contributed by atoms with Crippen LogP contribution < -0.4 is 10.6 Å². The van der Waals surface area contributed by atoms with E-state index in [0.29, 0.717) is 13.2 Å². The quantitative estimate of drug-likeness (QED) is 0.646. The van der Waals surface area contributed by atoms with Crippen LogP contribution in [-0.2, 0) is 27.5 Å². The van der Waals surface area contributed by atoms with Crippen LogP contribution in [0.25, 0.3) is 0 Å². The fourth-order valence-corrected chi connectivity index (χ4v) is 1.82. The minimum absolute atomic E-state index is 0.163. The van der Waals surface area contributed by atoms with Crippen molar-refractivity contribution < 1.29 is 19.4 Å². The number of carbonyl (C=O) groups is 2. The largest absolute Gasteiger partial charge is 0.480 e. The Morgan fingerprint density at radius 3 is 2.50 bits per heavy atom. The summed E-state index contributed by atoms with van der Waals surface area (Å²) in [4.78, 5) is 21.9. The average Bonchev–Trinajstić information content (AvgIpc) is 2.39. The van der Waals surface area contributed by atoms with E-state index in [9.17, 15) is 9.59 Å². The van der Waals surface area contributed by atoms with E-state index in [4.69, 9.17) is 9.84 Å². The summed E-state index contributed by atoms with van der Waals surface area (Å²) in [5, 5.41) is 14.4. The van der Waals surface area contributed by atoms with Crippen LogP contribution in [0.5, 0.6) is 0 Å². The van der Waals surface area contributed by atoms with Crippen molar-refractivity contribution in [2.75, 3.05) is 13.7 Å². The highest BCUT2D eigenvalue weighted by Gasteiger charge is 2.17. The van der Waals surface area contributed by atoms with Crippen molar-refractivity contribution in [3.63, 3.8) is 0 Å². The normalized spacial score (nSPS) is 11.9. The van der Waals surface area contributed by atoms with Crippen molar-refractivity contribution in [1.82, 2.24) is 10.6 Å². The number of hydrogen-bond acceptors (Lipinski definition) is 4. The maximum absolute atomic E-state index is 11.0. The van der Waals surface area contributed by atoms with Gasteiger partial charge in [-0.05, 0) is 11.1 Å². The van der Waals surface area contributed by atoms with E-state index in [1.54, 1.807) is 7.11 Å². The van der Waals surface area contributed by atoms with Crippen molar-refractivity contribution >= 4 is 11.9 Å². The first-order chi connectivity index (χ1) is 9.54. The third-order valence-electron chi connectivity index (χ3n) is 2.76. The number of benzene rings is 1. The summed E-state index contributed by atoms with van der Waals surface area (Å²) >= 11 is 0. The van der Waals surface area contributed by atoms with Crippen molar-refractivity contribution in [3.05, 3.63) is 35.4 Å². The topological polar surface area (TPSA) is 87.7 Å². The number of nitrogens with one attached hydrogen (secondary N) is 2. The van der Waals surface area contributed by atoms with Gasteiger partial charge in [-0.25, -0.2) is 4.79 Å². The van der Waals surface area contributed by atoms with Gasteiger partial charge in [0.2, 0.25) is 5.91 Å². The van der Waals surface area contributed by atoms with Gasteiger partial charge in [0.25, 0.3) is 0 Å². The lowest BCUT2D eigenvalue weighted by Crippen LogP contribution is -2.46. The molecule has 0 aliphatic carbocycles. The van der Waals surface area contributed by atoms with Gasteiger partial charge in [-0.3, -0.25) is 4.79 Å². The van der Waals surface area contributed by atoms with Gasteiger partial charge in [-0.15, -0.1) is 0 Å². The van der Waals surface area contributed by atoms with E-state index < -0.39 is 12.0 Å². The van der Waals surface area contributed by atoms with E-state index in [-0.39, 0.29) is 12.5 Å². The highest BCUT2D eigenvalue weighted by Crippen LogP contribution is 2.09. The van der Waals surface area contributed by atoms with Crippen LogP contribution in [0.1, 0.15) is 18.1 Å². The number of amides is 1. The summed E-state index contributed by atoms with van der Waals surface area (Å²) < 4.78 is 5.11. The molecule has 0 saturated carbocycles. The van der Waals surface area contributed by atoms with Gasteiger partial charge in [0.15, 0.2) is 0 Å². The van der Waals surface area contributed by atoms with Crippen LogP contribution >= 0.6 is 0 Å². The molecule has 6 nitrogen and oxygen atoms in total. The molecule has 1 rings (SSSR count). The predicted octanol–water partition coefficient (Wildman–Crippen LogP) is 0.512. The third kappa shape index (κ3) is 5.38. The Hall–Kier alpha value is -1.92. The molecule has 3 N–H and O–H groups in total. The fourth-order valence-electron chi connectivity index (χ4n) is 1.82. The summed E-state index contributed by atoms with van der Waals surface area (Å²) in [6.07, 6.45) is 0. The van der Waals surface area contributed by atoms with Crippen molar-refractivity contribution in [3.8, 4) is 0 Å². The molecule has 1 unspecified atom stereocenters. The number of aliphatic carboxylic acids is 1. The lowest BCUT2D eigenvalue weighted by atomic mass is 10.1. The number of carbonyl (C=O) groups excluding carboxylic acids is 1. The zero-order chi connectivity index (χ0) is 15.0. The predicted molar refractivity (Wildman–Crippen MR) is 74.1 cm³/mol. The van der Waals surface area contributed by atoms with Crippen molar-refractivity contribution in [2.24, 2.45) is 0 Å². The molecule has 0 saturated heterocycles. The summed E-state index contributed by atoms with van der Waals surface area (Å²) in [5.74, 6) is -1.42. The Kier molecular flexibility index (Phi) is 6.69. The van der Waals surface area contributed by atoms with Gasteiger partial charge < -0.3 is 20.5 Å². The molecule has 20 heavy (non-hydrogen) atoms. The number of methoxy groups -OCH3 is 1. The van der Waals surface area contributed by atoms with Crippen molar-refractivity contribution in [2.45, 2.75) is 26.1 Å². The Bertz CT molecular complexity index is 462. The number of ether oxygens (including phenoxy) is 1. The average molecular weight is 280 g/mol. The molecular weight excluding hydrogens is 260 g/mol. The molecule has 0 aliphatic heterocycles. The summed E-state index contributed by atoms with van der Waals surface area (Å²) in [6, 6.07) is 6.83. The molecule has 0 fully saturated rings. The van der Waals surface area contributed by atoms with Gasteiger partial charge in [-0.2, -0.15) is 0 Å². The van der Waals surface area contributed by atoms with Crippen LogP contribution in [0.3, 0.4) is 0 Å². The van der Waals surface area contributed by atoms with E-state index in [2.05, 4.69) is 10.6 Å². The Morgan fingerprint density at radius 2 is 1.95 bits per heavy atom. The van der Waals surface area contributed by atoms with E-state index in [1.807, 2.05) is 24.3 Å². The number of hydrogen-bond donors (Lipinski definition) is 3. The standard InChI is InChI=1S/C14H20N2O4/c1-10(17)16-13(14(18)19)8-15-7-11-5-3-4-6-12(11)9-20-2/h3-6,13,15H,7-9H2,1-2H3,(H,16,17)(H,18,19). The highest BCUT2D eigenvalue weighted by atomic mass is 16.5. The Labute approximate surface area is 118 Å². The molecule has 1 amide bonds. The zero-order valence-electron chi connectivity index (χ0n) is 11.7. The first-order valence-electron chi connectivity index (χ1n) is 6.31. The van der Waals surface area contributed by atoms with E-state index in [1.165, 1.54) is 6.92 Å². The monoisotopic (exact) mass is 280 g/mol. The van der Waals surface area contributed by atoms with Crippen LogP contribution in [-0.4, -0.2) is 36.7 Å². The van der Waals surface area contributed by atoms with E-state index >= 15 is 0 Å². The molecule has 0 aromatic heterocycles. The lowest BCUT2D eigenvalue weighted by Gasteiger charge is -2.15. The molecule has 6 heteroatoms. The lowest BCUT2D eigenvalue weighted by molar-refractivity contribution is -0.141. The highest BCUT2D eigenvalue weighted by molar-refractivity contribution is 5.82. The van der Waals surface area contributed by atoms with Crippen molar-refractivity contribution in [1.29, 1.82) is 0 Å². The molecule has 0 heterocycles. The van der Waals surface area contributed by atoms with Gasteiger partial charge >= 0.3 is 5.97 Å². The second kappa shape index (κ2) is 8.29. The maximum atomic E-state index is 11.0.